The minimum absolute atomic E-state index is 0.128. The highest BCUT2D eigenvalue weighted by Gasteiger charge is 2.19. The van der Waals surface area contributed by atoms with Crippen LogP contribution in [-0.4, -0.2) is 27.6 Å². The number of ether oxygens (including phenoxy) is 2. The van der Waals surface area contributed by atoms with E-state index in [2.05, 4.69) is 15.2 Å². The monoisotopic (exact) mass is 555 g/mol. The van der Waals surface area contributed by atoms with Crippen LogP contribution in [0, 0.1) is 0 Å². The van der Waals surface area contributed by atoms with Crippen molar-refractivity contribution in [2.24, 2.45) is 5.10 Å². The maximum atomic E-state index is 12.7. The van der Waals surface area contributed by atoms with Gasteiger partial charge in [0.2, 0.25) is 0 Å². The number of amides is 1. The molecule has 1 heterocycles. The van der Waals surface area contributed by atoms with Gasteiger partial charge in [-0.3, -0.25) is 9.52 Å². The van der Waals surface area contributed by atoms with E-state index in [1.54, 1.807) is 53.9 Å². The Kier molecular flexibility index (Phi) is 8.44. The van der Waals surface area contributed by atoms with Crippen LogP contribution in [0.15, 0.2) is 93.6 Å². The standard InChI is InChI=1S/C26H22ClN3O5S2/c1-34-24-15-19(10-13-23(24)35-17-18-8-11-20(27)12-9-18)16-28-29-26(31)21-5-2-3-6-22(21)30-37(32,33)25-7-4-14-36-25/h2-16,30H,17H2,1H3,(H,29,31)/b28-16-. The number of nitrogens with one attached hydrogen (secondary N) is 2. The third kappa shape index (κ3) is 6.88. The van der Waals surface area contributed by atoms with Crippen LogP contribution in [0.3, 0.4) is 0 Å². The molecule has 0 saturated carbocycles. The third-order valence-electron chi connectivity index (χ3n) is 5.05. The van der Waals surface area contributed by atoms with Crippen molar-refractivity contribution in [3.63, 3.8) is 0 Å². The van der Waals surface area contributed by atoms with Gasteiger partial charge in [-0.1, -0.05) is 41.9 Å². The van der Waals surface area contributed by atoms with Gasteiger partial charge in [0.1, 0.15) is 10.8 Å². The average Bonchev–Trinajstić information content (AvgIpc) is 3.45. The molecule has 2 N–H and O–H groups in total. The van der Waals surface area contributed by atoms with Crippen molar-refractivity contribution in [3.8, 4) is 11.5 Å². The first kappa shape index (κ1) is 26.2. The summed E-state index contributed by atoms with van der Waals surface area (Å²) in [6.07, 6.45) is 1.45. The molecule has 0 fully saturated rings. The first-order chi connectivity index (χ1) is 17.9. The molecular formula is C26H22ClN3O5S2. The summed E-state index contributed by atoms with van der Waals surface area (Å²) in [6.45, 7) is 0.340. The van der Waals surface area contributed by atoms with Gasteiger partial charge in [0.15, 0.2) is 11.5 Å². The minimum Gasteiger partial charge on any atom is -0.493 e. The van der Waals surface area contributed by atoms with E-state index in [4.69, 9.17) is 21.1 Å². The first-order valence-corrected chi connectivity index (χ1v) is 13.6. The normalized spacial score (nSPS) is 11.3. The lowest BCUT2D eigenvalue weighted by atomic mass is 10.2. The van der Waals surface area contributed by atoms with E-state index in [1.807, 2.05) is 12.1 Å². The summed E-state index contributed by atoms with van der Waals surface area (Å²) in [7, 11) is -2.28. The maximum absolute atomic E-state index is 12.7. The second kappa shape index (κ2) is 11.9. The zero-order chi connectivity index (χ0) is 26.3. The summed E-state index contributed by atoms with van der Waals surface area (Å²) in [5.41, 5.74) is 4.31. The summed E-state index contributed by atoms with van der Waals surface area (Å²) in [5, 5.41) is 6.32. The third-order valence-corrected chi connectivity index (χ3v) is 8.07. The van der Waals surface area contributed by atoms with Crippen LogP contribution in [0.4, 0.5) is 5.69 Å². The molecule has 0 bridgehead atoms. The van der Waals surface area contributed by atoms with E-state index < -0.39 is 15.9 Å². The lowest BCUT2D eigenvalue weighted by Crippen LogP contribution is -2.21. The van der Waals surface area contributed by atoms with E-state index in [0.717, 1.165) is 16.9 Å². The van der Waals surface area contributed by atoms with Gasteiger partial charge in [-0.05, 0) is 65.0 Å². The fourth-order valence-corrected chi connectivity index (χ4v) is 5.43. The molecule has 0 aliphatic heterocycles. The summed E-state index contributed by atoms with van der Waals surface area (Å²) in [4.78, 5) is 12.7. The van der Waals surface area contributed by atoms with Gasteiger partial charge < -0.3 is 9.47 Å². The van der Waals surface area contributed by atoms with Gasteiger partial charge in [0, 0.05) is 5.02 Å². The van der Waals surface area contributed by atoms with Crippen LogP contribution >= 0.6 is 22.9 Å². The van der Waals surface area contributed by atoms with Gasteiger partial charge in [-0.2, -0.15) is 5.10 Å². The number of rotatable bonds is 10. The molecule has 11 heteroatoms. The fourth-order valence-electron chi connectivity index (χ4n) is 3.23. The number of methoxy groups -OCH3 is 1. The molecule has 1 amide bonds. The molecule has 0 saturated heterocycles. The number of hydrogen-bond donors (Lipinski definition) is 2. The van der Waals surface area contributed by atoms with Gasteiger partial charge in [-0.25, -0.2) is 13.8 Å². The highest BCUT2D eigenvalue weighted by atomic mass is 35.5. The Morgan fingerprint density at radius 2 is 1.81 bits per heavy atom. The smallest absolute Gasteiger partial charge is 0.273 e. The molecule has 1 aromatic heterocycles. The van der Waals surface area contributed by atoms with Gasteiger partial charge in [0.25, 0.3) is 15.9 Å². The molecule has 4 rings (SSSR count). The highest BCUT2D eigenvalue weighted by molar-refractivity contribution is 7.94. The molecule has 0 aliphatic rings. The zero-order valence-corrected chi connectivity index (χ0v) is 21.9. The van der Waals surface area contributed by atoms with Crippen LogP contribution in [-0.2, 0) is 16.6 Å². The van der Waals surface area contributed by atoms with E-state index in [-0.39, 0.29) is 15.5 Å². The molecule has 0 unspecified atom stereocenters. The van der Waals surface area contributed by atoms with Crippen molar-refractivity contribution >= 4 is 50.8 Å². The average molecular weight is 556 g/mol. The predicted octanol–water partition coefficient (Wildman–Crippen LogP) is 5.55. The molecular weight excluding hydrogens is 534 g/mol. The summed E-state index contributed by atoms with van der Waals surface area (Å²) in [5.74, 6) is 0.471. The molecule has 37 heavy (non-hydrogen) atoms. The molecule has 0 radical (unpaired) electrons. The maximum Gasteiger partial charge on any atom is 0.273 e. The first-order valence-electron chi connectivity index (χ1n) is 10.9. The SMILES string of the molecule is COc1cc(/C=N\NC(=O)c2ccccc2NS(=O)(=O)c2cccs2)ccc1OCc1ccc(Cl)cc1. The molecule has 3 aromatic carbocycles. The summed E-state index contributed by atoms with van der Waals surface area (Å²) >= 11 is 7.00. The van der Waals surface area contributed by atoms with Crippen molar-refractivity contribution in [2.45, 2.75) is 10.8 Å². The number of hydrogen-bond acceptors (Lipinski definition) is 7. The predicted molar refractivity (Wildman–Crippen MR) is 145 cm³/mol. The van der Waals surface area contributed by atoms with Crippen LogP contribution in [0.25, 0.3) is 0 Å². The molecule has 8 nitrogen and oxygen atoms in total. The van der Waals surface area contributed by atoms with Crippen molar-refractivity contribution in [3.05, 3.63) is 106 Å². The number of sulfonamides is 1. The number of benzene rings is 3. The Bertz CT molecular complexity index is 1510. The van der Waals surface area contributed by atoms with E-state index in [9.17, 15) is 13.2 Å². The van der Waals surface area contributed by atoms with Crippen LogP contribution in [0.2, 0.25) is 5.02 Å². The van der Waals surface area contributed by atoms with E-state index in [1.165, 1.54) is 31.5 Å². The number of carbonyl (C=O) groups excluding carboxylic acids is 1. The number of nitrogens with zero attached hydrogens (tertiary/aromatic N) is 1. The number of hydrazone groups is 1. The van der Waals surface area contributed by atoms with Crippen LogP contribution in [0.5, 0.6) is 11.5 Å². The Morgan fingerprint density at radius 1 is 1.03 bits per heavy atom. The van der Waals surface area contributed by atoms with Gasteiger partial charge in [-0.15, -0.1) is 11.3 Å². The molecule has 0 aliphatic carbocycles. The van der Waals surface area contributed by atoms with Gasteiger partial charge >= 0.3 is 0 Å². The van der Waals surface area contributed by atoms with Crippen molar-refractivity contribution in [2.75, 3.05) is 11.8 Å². The number of carbonyl (C=O) groups is 1. The Hall–Kier alpha value is -3.86. The number of thiophene rings is 1. The quantitative estimate of drug-likeness (QED) is 0.197. The topological polar surface area (TPSA) is 106 Å². The molecule has 0 atom stereocenters. The van der Waals surface area contributed by atoms with Crippen molar-refractivity contribution < 1.29 is 22.7 Å². The summed E-state index contributed by atoms with van der Waals surface area (Å²) in [6, 6.07) is 22.0. The fraction of sp³-hybridized carbons (Fsp3) is 0.0769. The Labute approximate surface area is 223 Å². The molecule has 4 aromatic rings. The van der Waals surface area contributed by atoms with Crippen molar-refractivity contribution in [1.82, 2.24) is 5.43 Å². The lowest BCUT2D eigenvalue weighted by molar-refractivity contribution is 0.0956. The lowest BCUT2D eigenvalue weighted by Gasteiger charge is -2.12. The van der Waals surface area contributed by atoms with E-state index >= 15 is 0 Å². The second-order valence-electron chi connectivity index (χ2n) is 7.61. The Morgan fingerprint density at radius 3 is 2.54 bits per heavy atom. The zero-order valence-electron chi connectivity index (χ0n) is 19.6. The number of anilines is 1. The Balaban J connectivity index is 1.41. The van der Waals surface area contributed by atoms with Gasteiger partial charge in [0.05, 0.1) is 24.6 Å². The van der Waals surface area contributed by atoms with Crippen molar-refractivity contribution in [1.29, 1.82) is 0 Å². The molecule has 190 valence electrons. The highest BCUT2D eigenvalue weighted by Crippen LogP contribution is 2.28. The molecule has 0 spiro atoms. The summed E-state index contributed by atoms with van der Waals surface area (Å²) < 4.78 is 39.0. The minimum atomic E-state index is -3.81. The number of para-hydroxylation sites is 1. The van der Waals surface area contributed by atoms with E-state index in [0.29, 0.717) is 28.7 Å². The van der Waals surface area contributed by atoms with Crippen LogP contribution < -0.4 is 19.6 Å². The number of halogens is 1. The second-order valence-corrected chi connectivity index (χ2v) is 10.9. The van der Waals surface area contributed by atoms with Crippen LogP contribution in [0.1, 0.15) is 21.5 Å². The largest absolute Gasteiger partial charge is 0.493 e.